The zero-order valence-corrected chi connectivity index (χ0v) is 17.6. The molecule has 0 spiro atoms. The molecule has 1 aromatic heterocycles. The van der Waals surface area contributed by atoms with Crippen LogP contribution in [0.5, 0.6) is 5.75 Å². The fraction of sp³-hybridized carbons (Fsp3) is 0.304. The number of hydrogen-bond acceptors (Lipinski definition) is 4. The van der Waals surface area contributed by atoms with Crippen LogP contribution in [0.4, 0.5) is 4.39 Å². The van der Waals surface area contributed by atoms with Crippen LogP contribution in [0.2, 0.25) is 5.02 Å². The summed E-state index contributed by atoms with van der Waals surface area (Å²) in [7, 11) is 0. The van der Waals surface area contributed by atoms with Crippen molar-refractivity contribution in [1.29, 1.82) is 0 Å². The zero-order chi connectivity index (χ0) is 22.0. The summed E-state index contributed by atoms with van der Waals surface area (Å²) in [5, 5.41) is 1.64. The van der Waals surface area contributed by atoms with Crippen molar-refractivity contribution in [3.05, 3.63) is 75.4 Å². The minimum atomic E-state index is -0.670. The second-order valence-electron chi connectivity index (χ2n) is 7.76. The van der Waals surface area contributed by atoms with Crippen LogP contribution in [0.25, 0.3) is 10.8 Å². The standard InChI is InChI=1S/C23H23ClFN3O3/c24-19-13-18-15(5-8-27-22(18)29)12-21(19)31-17-6-9-28(10-7-17)23(30)20(26)11-14-1-3-16(25)4-2-14/h1-5,8,12-13,17,20H,6-7,9-11,26H2,(H,27,29). The molecule has 31 heavy (non-hydrogen) atoms. The van der Waals surface area contributed by atoms with Gasteiger partial charge in [-0.3, -0.25) is 9.59 Å². The van der Waals surface area contributed by atoms with Gasteiger partial charge in [0.05, 0.1) is 11.1 Å². The molecule has 2 aromatic carbocycles. The highest BCUT2D eigenvalue weighted by Crippen LogP contribution is 2.31. The number of carbonyl (C=O) groups excluding carboxylic acids is 1. The van der Waals surface area contributed by atoms with Gasteiger partial charge in [0.25, 0.3) is 5.56 Å². The molecule has 162 valence electrons. The summed E-state index contributed by atoms with van der Waals surface area (Å²) in [5.41, 5.74) is 6.72. The average molecular weight is 444 g/mol. The molecule has 1 saturated heterocycles. The Balaban J connectivity index is 1.34. The van der Waals surface area contributed by atoms with E-state index in [-0.39, 0.29) is 23.4 Å². The molecule has 8 heteroatoms. The number of carbonyl (C=O) groups is 1. The Bertz CT molecular complexity index is 1140. The van der Waals surface area contributed by atoms with Gasteiger partial charge in [0.15, 0.2) is 0 Å². The summed E-state index contributed by atoms with van der Waals surface area (Å²) in [6, 6.07) is 10.5. The molecule has 1 aliphatic heterocycles. The van der Waals surface area contributed by atoms with Crippen LogP contribution in [0.1, 0.15) is 18.4 Å². The van der Waals surface area contributed by atoms with Crippen LogP contribution in [-0.4, -0.2) is 41.0 Å². The zero-order valence-electron chi connectivity index (χ0n) is 16.8. The molecule has 1 unspecified atom stereocenters. The third-order valence-corrected chi connectivity index (χ3v) is 5.85. The molecule has 2 heterocycles. The predicted octanol–water partition coefficient (Wildman–Crippen LogP) is 3.26. The molecular weight excluding hydrogens is 421 g/mol. The van der Waals surface area contributed by atoms with E-state index in [1.165, 1.54) is 12.1 Å². The Morgan fingerprint density at radius 1 is 1.23 bits per heavy atom. The van der Waals surface area contributed by atoms with E-state index in [1.54, 1.807) is 41.4 Å². The third-order valence-electron chi connectivity index (χ3n) is 5.56. The Morgan fingerprint density at radius 2 is 1.94 bits per heavy atom. The third kappa shape index (κ3) is 4.89. The van der Waals surface area contributed by atoms with Gasteiger partial charge in [-0.2, -0.15) is 0 Å². The summed E-state index contributed by atoms with van der Waals surface area (Å²) in [6.07, 6.45) is 3.16. The van der Waals surface area contributed by atoms with E-state index in [0.717, 1.165) is 10.9 Å². The van der Waals surface area contributed by atoms with Gasteiger partial charge in [-0.25, -0.2) is 4.39 Å². The normalized spacial score (nSPS) is 15.8. The number of nitrogens with two attached hydrogens (primary N) is 1. The number of benzene rings is 2. The predicted molar refractivity (Wildman–Crippen MR) is 118 cm³/mol. The lowest BCUT2D eigenvalue weighted by Crippen LogP contribution is -2.49. The van der Waals surface area contributed by atoms with Crippen LogP contribution in [-0.2, 0) is 11.2 Å². The summed E-state index contributed by atoms with van der Waals surface area (Å²) in [4.78, 5) is 29.0. The van der Waals surface area contributed by atoms with Crippen molar-refractivity contribution < 1.29 is 13.9 Å². The molecule has 1 atom stereocenters. The number of nitrogens with one attached hydrogen (secondary N) is 1. The second-order valence-corrected chi connectivity index (χ2v) is 8.16. The molecule has 1 amide bonds. The van der Waals surface area contributed by atoms with Gasteiger partial charge in [0.2, 0.25) is 5.91 Å². The van der Waals surface area contributed by atoms with E-state index in [2.05, 4.69) is 4.98 Å². The minimum Gasteiger partial charge on any atom is -0.489 e. The number of ether oxygens (including phenoxy) is 1. The molecule has 0 saturated carbocycles. The van der Waals surface area contributed by atoms with E-state index < -0.39 is 6.04 Å². The maximum Gasteiger partial charge on any atom is 0.255 e. The quantitative estimate of drug-likeness (QED) is 0.633. The van der Waals surface area contributed by atoms with Crippen LogP contribution >= 0.6 is 11.6 Å². The first kappa shape index (κ1) is 21.3. The number of pyridine rings is 1. The Kier molecular flexibility index (Phi) is 6.25. The van der Waals surface area contributed by atoms with Crippen LogP contribution < -0.4 is 16.0 Å². The van der Waals surface area contributed by atoms with Crippen molar-refractivity contribution in [3.63, 3.8) is 0 Å². The van der Waals surface area contributed by atoms with Gasteiger partial charge < -0.3 is 20.4 Å². The Hall–Kier alpha value is -2.90. The van der Waals surface area contributed by atoms with E-state index in [0.29, 0.717) is 48.5 Å². The lowest BCUT2D eigenvalue weighted by Gasteiger charge is -2.33. The van der Waals surface area contributed by atoms with Crippen LogP contribution in [0.15, 0.2) is 53.5 Å². The molecule has 6 nitrogen and oxygen atoms in total. The van der Waals surface area contributed by atoms with Crippen LogP contribution in [0, 0.1) is 5.82 Å². The van der Waals surface area contributed by atoms with E-state index >= 15 is 0 Å². The Labute approximate surface area is 183 Å². The van der Waals surface area contributed by atoms with Gasteiger partial charge in [-0.1, -0.05) is 23.7 Å². The van der Waals surface area contributed by atoms with Crippen molar-refractivity contribution in [2.75, 3.05) is 13.1 Å². The van der Waals surface area contributed by atoms with Gasteiger partial charge in [0, 0.05) is 37.5 Å². The van der Waals surface area contributed by atoms with Gasteiger partial charge in [-0.15, -0.1) is 0 Å². The average Bonchev–Trinajstić information content (AvgIpc) is 2.76. The highest BCUT2D eigenvalue weighted by atomic mass is 35.5. The first-order valence-electron chi connectivity index (χ1n) is 10.2. The lowest BCUT2D eigenvalue weighted by molar-refractivity contribution is -0.134. The van der Waals surface area contributed by atoms with Crippen molar-refractivity contribution in [3.8, 4) is 5.75 Å². The largest absolute Gasteiger partial charge is 0.489 e. The second kappa shape index (κ2) is 9.08. The number of aromatic nitrogens is 1. The number of rotatable bonds is 5. The molecule has 1 aliphatic rings. The molecule has 0 aliphatic carbocycles. The fourth-order valence-electron chi connectivity index (χ4n) is 3.85. The topological polar surface area (TPSA) is 88.4 Å². The minimum absolute atomic E-state index is 0.0886. The molecule has 1 fully saturated rings. The number of H-pyrrole nitrogens is 1. The summed E-state index contributed by atoms with van der Waals surface area (Å²) in [5.74, 6) is 0.0901. The van der Waals surface area contributed by atoms with Gasteiger partial charge >= 0.3 is 0 Å². The Morgan fingerprint density at radius 3 is 2.65 bits per heavy atom. The molecule has 4 rings (SSSR count). The van der Waals surface area contributed by atoms with Crippen molar-refractivity contribution in [1.82, 2.24) is 9.88 Å². The van der Waals surface area contributed by atoms with Gasteiger partial charge in [0.1, 0.15) is 17.7 Å². The summed E-state index contributed by atoms with van der Waals surface area (Å²) >= 11 is 6.32. The van der Waals surface area contributed by atoms with E-state index in [9.17, 15) is 14.0 Å². The number of fused-ring (bicyclic) bond motifs is 1. The van der Waals surface area contributed by atoms with Gasteiger partial charge in [-0.05, 0) is 47.7 Å². The van der Waals surface area contributed by atoms with Crippen molar-refractivity contribution >= 4 is 28.3 Å². The number of likely N-dealkylation sites (tertiary alicyclic amines) is 1. The lowest BCUT2D eigenvalue weighted by atomic mass is 10.0. The number of nitrogens with zero attached hydrogens (tertiary/aromatic N) is 1. The fourth-order valence-corrected chi connectivity index (χ4v) is 4.06. The van der Waals surface area contributed by atoms with Crippen LogP contribution in [0.3, 0.4) is 0 Å². The number of piperidine rings is 1. The molecule has 3 N–H and O–H groups in total. The monoisotopic (exact) mass is 443 g/mol. The van der Waals surface area contributed by atoms with Crippen molar-refractivity contribution in [2.24, 2.45) is 5.73 Å². The first-order valence-corrected chi connectivity index (χ1v) is 10.5. The number of hydrogen-bond donors (Lipinski definition) is 2. The number of aromatic amines is 1. The number of halogens is 2. The first-order chi connectivity index (χ1) is 14.9. The smallest absolute Gasteiger partial charge is 0.255 e. The maximum absolute atomic E-state index is 13.0. The highest BCUT2D eigenvalue weighted by molar-refractivity contribution is 6.32. The highest BCUT2D eigenvalue weighted by Gasteiger charge is 2.27. The number of amides is 1. The molecule has 3 aromatic rings. The van der Waals surface area contributed by atoms with E-state index in [4.69, 9.17) is 22.1 Å². The summed E-state index contributed by atoms with van der Waals surface area (Å²) < 4.78 is 19.1. The van der Waals surface area contributed by atoms with E-state index in [1.807, 2.05) is 0 Å². The maximum atomic E-state index is 13.0. The molecule has 0 radical (unpaired) electrons. The summed E-state index contributed by atoms with van der Waals surface area (Å²) in [6.45, 7) is 1.07. The SMILES string of the molecule is NC(Cc1ccc(F)cc1)C(=O)N1CCC(Oc2cc3cc[nH]c(=O)c3cc2Cl)CC1. The molecular formula is C23H23ClFN3O3. The van der Waals surface area contributed by atoms with Crippen molar-refractivity contribution in [2.45, 2.75) is 31.4 Å². The molecule has 0 bridgehead atoms.